The van der Waals surface area contributed by atoms with Crippen LogP contribution in [0.2, 0.25) is 0 Å². The van der Waals surface area contributed by atoms with Crippen molar-refractivity contribution in [2.75, 3.05) is 5.32 Å². The molecule has 110 valence electrons. The van der Waals surface area contributed by atoms with Crippen LogP contribution in [0.25, 0.3) is 0 Å². The molecular weight excluding hydrogens is 258 g/mol. The second-order valence-electron chi connectivity index (χ2n) is 6.55. The van der Waals surface area contributed by atoms with E-state index in [1.807, 2.05) is 0 Å². The van der Waals surface area contributed by atoms with Crippen molar-refractivity contribution in [2.24, 2.45) is 0 Å². The molecule has 0 radical (unpaired) electrons. The minimum Gasteiger partial charge on any atom is -0.487 e. The lowest BCUT2D eigenvalue weighted by atomic mass is 9.95. The standard InChI is InChI=1S/C19H23NO/c1-13-10-17-16(11-19(3,4)21-17)14(2)18(13)20-12-15-8-6-5-7-9-15/h5-10,20H,11-12H2,1-4H3. The fourth-order valence-corrected chi connectivity index (χ4v) is 3.12. The van der Waals surface area contributed by atoms with Crippen LogP contribution in [0.15, 0.2) is 36.4 Å². The molecule has 1 aliphatic rings. The second kappa shape index (κ2) is 5.10. The Hall–Kier alpha value is -1.96. The second-order valence-corrected chi connectivity index (χ2v) is 6.55. The van der Waals surface area contributed by atoms with E-state index < -0.39 is 0 Å². The van der Waals surface area contributed by atoms with Crippen molar-refractivity contribution in [1.29, 1.82) is 0 Å². The first kappa shape index (κ1) is 14.0. The first-order valence-corrected chi connectivity index (χ1v) is 7.56. The zero-order valence-corrected chi connectivity index (χ0v) is 13.3. The molecule has 0 bridgehead atoms. The maximum atomic E-state index is 6.05. The summed E-state index contributed by atoms with van der Waals surface area (Å²) in [6.45, 7) is 9.50. The van der Waals surface area contributed by atoms with E-state index in [1.165, 1.54) is 27.9 Å². The number of anilines is 1. The predicted octanol–water partition coefficient (Wildman–Crippen LogP) is 4.63. The largest absolute Gasteiger partial charge is 0.487 e. The van der Waals surface area contributed by atoms with E-state index in [2.05, 4.69) is 69.4 Å². The lowest BCUT2D eigenvalue weighted by Crippen LogP contribution is -2.24. The van der Waals surface area contributed by atoms with Gasteiger partial charge in [0.15, 0.2) is 0 Å². The molecule has 0 unspecified atom stereocenters. The van der Waals surface area contributed by atoms with Crippen molar-refractivity contribution >= 4 is 5.69 Å². The number of hydrogen-bond acceptors (Lipinski definition) is 2. The van der Waals surface area contributed by atoms with Gasteiger partial charge in [-0.05, 0) is 50.5 Å². The third-order valence-electron chi connectivity index (χ3n) is 4.17. The third-order valence-corrected chi connectivity index (χ3v) is 4.17. The summed E-state index contributed by atoms with van der Waals surface area (Å²) < 4.78 is 6.05. The molecule has 1 N–H and O–H groups in total. The molecule has 0 aliphatic carbocycles. The Balaban J connectivity index is 1.87. The fraction of sp³-hybridized carbons (Fsp3) is 0.368. The summed E-state index contributed by atoms with van der Waals surface area (Å²) in [5.41, 5.74) is 6.39. The highest BCUT2D eigenvalue weighted by Gasteiger charge is 2.32. The van der Waals surface area contributed by atoms with E-state index in [4.69, 9.17) is 4.74 Å². The van der Waals surface area contributed by atoms with Crippen LogP contribution >= 0.6 is 0 Å². The van der Waals surface area contributed by atoms with Crippen LogP contribution in [-0.4, -0.2) is 5.60 Å². The van der Waals surface area contributed by atoms with Crippen molar-refractivity contribution in [2.45, 2.75) is 46.3 Å². The topological polar surface area (TPSA) is 21.3 Å². The molecule has 21 heavy (non-hydrogen) atoms. The Morgan fingerprint density at radius 3 is 2.57 bits per heavy atom. The smallest absolute Gasteiger partial charge is 0.124 e. The van der Waals surface area contributed by atoms with Crippen LogP contribution in [0.5, 0.6) is 5.75 Å². The highest BCUT2D eigenvalue weighted by atomic mass is 16.5. The van der Waals surface area contributed by atoms with Gasteiger partial charge in [0.05, 0.1) is 0 Å². The molecule has 2 nitrogen and oxygen atoms in total. The van der Waals surface area contributed by atoms with Crippen LogP contribution in [0.1, 0.15) is 36.1 Å². The summed E-state index contributed by atoms with van der Waals surface area (Å²) in [4.78, 5) is 0. The van der Waals surface area contributed by atoms with Gasteiger partial charge in [0.25, 0.3) is 0 Å². The minimum absolute atomic E-state index is 0.0857. The lowest BCUT2D eigenvalue weighted by molar-refractivity contribution is 0.138. The van der Waals surface area contributed by atoms with Gasteiger partial charge in [-0.1, -0.05) is 30.3 Å². The lowest BCUT2D eigenvalue weighted by Gasteiger charge is -2.17. The number of benzene rings is 2. The van der Waals surface area contributed by atoms with Crippen LogP contribution in [0.4, 0.5) is 5.69 Å². The Kier molecular flexibility index (Phi) is 3.40. The van der Waals surface area contributed by atoms with E-state index in [-0.39, 0.29) is 5.60 Å². The summed E-state index contributed by atoms with van der Waals surface area (Å²) in [6, 6.07) is 12.7. The molecule has 0 aromatic heterocycles. The van der Waals surface area contributed by atoms with Crippen LogP contribution in [0, 0.1) is 13.8 Å². The predicted molar refractivity (Wildman–Crippen MR) is 88.1 cm³/mol. The third kappa shape index (κ3) is 2.76. The van der Waals surface area contributed by atoms with Gasteiger partial charge < -0.3 is 10.1 Å². The molecule has 0 saturated heterocycles. The molecule has 0 saturated carbocycles. The summed E-state index contributed by atoms with van der Waals surface area (Å²) >= 11 is 0. The number of fused-ring (bicyclic) bond motifs is 1. The van der Waals surface area contributed by atoms with E-state index in [1.54, 1.807) is 0 Å². The van der Waals surface area contributed by atoms with Gasteiger partial charge in [-0.15, -0.1) is 0 Å². The molecule has 0 spiro atoms. The maximum Gasteiger partial charge on any atom is 0.124 e. The van der Waals surface area contributed by atoms with Crippen molar-refractivity contribution in [3.8, 4) is 5.75 Å². The van der Waals surface area contributed by atoms with Gasteiger partial charge in [0, 0.05) is 24.2 Å². The number of ether oxygens (including phenoxy) is 1. The molecule has 1 heterocycles. The zero-order valence-electron chi connectivity index (χ0n) is 13.3. The van der Waals surface area contributed by atoms with Gasteiger partial charge in [-0.2, -0.15) is 0 Å². The summed E-state index contributed by atoms with van der Waals surface area (Å²) in [6.07, 6.45) is 0.981. The molecular formula is C19H23NO. The van der Waals surface area contributed by atoms with Gasteiger partial charge in [-0.25, -0.2) is 0 Å². The molecule has 2 heteroatoms. The minimum atomic E-state index is -0.0857. The van der Waals surface area contributed by atoms with Crippen LogP contribution in [0.3, 0.4) is 0 Å². The number of hydrogen-bond donors (Lipinski definition) is 1. The average Bonchev–Trinajstić information content (AvgIpc) is 2.74. The van der Waals surface area contributed by atoms with Crippen molar-refractivity contribution in [3.63, 3.8) is 0 Å². The number of nitrogens with one attached hydrogen (secondary N) is 1. The monoisotopic (exact) mass is 281 g/mol. The summed E-state index contributed by atoms with van der Waals surface area (Å²) in [7, 11) is 0. The molecule has 0 amide bonds. The molecule has 1 aliphatic heterocycles. The molecule has 2 aromatic carbocycles. The van der Waals surface area contributed by atoms with Crippen molar-refractivity contribution < 1.29 is 4.74 Å². The van der Waals surface area contributed by atoms with Crippen LogP contribution < -0.4 is 10.1 Å². The number of aryl methyl sites for hydroxylation is 1. The van der Waals surface area contributed by atoms with Gasteiger partial charge >= 0.3 is 0 Å². The maximum absolute atomic E-state index is 6.05. The molecule has 2 aromatic rings. The van der Waals surface area contributed by atoms with E-state index >= 15 is 0 Å². The zero-order chi connectivity index (χ0) is 15.0. The van der Waals surface area contributed by atoms with Gasteiger partial charge in [0.1, 0.15) is 11.4 Å². The SMILES string of the molecule is Cc1cc2c(c(C)c1NCc1ccccc1)CC(C)(C)O2. The highest BCUT2D eigenvalue weighted by Crippen LogP contribution is 2.41. The van der Waals surface area contributed by atoms with E-state index in [0.717, 1.165) is 18.7 Å². The normalized spacial score (nSPS) is 15.4. The molecule has 3 rings (SSSR count). The van der Waals surface area contributed by atoms with E-state index in [9.17, 15) is 0 Å². The fourth-order valence-electron chi connectivity index (χ4n) is 3.12. The van der Waals surface area contributed by atoms with Crippen molar-refractivity contribution in [1.82, 2.24) is 0 Å². The summed E-state index contributed by atoms with van der Waals surface area (Å²) in [5, 5.41) is 3.60. The van der Waals surface area contributed by atoms with E-state index in [0.29, 0.717) is 0 Å². The average molecular weight is 281 g/mol. The van der Waals surface area contributed by atoms with Crippen LogP contribution in [-0.2, 0) is 13.0 Å². The Morgan fingerprint density at radius 1 is 1.14 bits per heavy atom. The summed E-state index contributed by atoms with van der Waals surface area (Å²) in [5.74, 6) is 1.06. The number of rotatable bonds is 3. The van der Waals surface area contributed by atoms with Gasteiger partial charge in [-0.3, -0.25) is 0 Å². The van der Waals surface area contributed by atoms with Gasteiger partial charge in [0.2, 0.25) is 0 Å². The first-order chi connectivity index (χ1) is 9.96. The van der Waals surface area contributed by atoms with Crippen molar-refractivity contribution in [3.05, 3.63) is 58.7 Å². The highest BCUT2D eigenvalue weighted by molar-refractivity contribution is 5.65. The first-order valence-electron chi connectivity index (χ1n) is 7.56. The Labute approximate surface area is 127 Å². The quantitative estimate of drug-likeness (QED) is 0.885. The Bertz CT molecular complexity index is 659. The molecule has 0 atom stereocenters. The Morgan fingerprint density at radius 2 is 1.86 bits per heavy atom. The molecule has 0 fully saturated rings.